The van der Waals surface area contributed by atoms with Crippen LogP contribution < -0.4 is 5.32 Å². The van der Waals surface area contributed by atoms with E-state index in [0.29, 0.717) is 19.6 Å². The van der Waals surface area contributed by atoms with Crippen molar-refractivity contribution in [2.24, 2.45) is 0 Å². The van der Waals surface area contributed by atoms with E-state index in [-0.39, 0.29) is 0 Å². The van der Waals surface area contributed by atoms with Crippen molar-refractivity contribution in [3.8, 4) is 0 Å². The molecule has 1 aromatic carbocycles. The zero-order chi connectivity index (χ0) is 16.4. The highest BCUT2D eigenvalue weighted by atomic mass is 16.5. The van der Waals surface area contributed by atoms with E-state index in [1.54, 1.807) is 0 Å². The molecule has 1 amide bonds. The van der Waals surface area contributed by atoms with Gasteiger partial charge in [0.25, 0.3) is 6.47 Å². The summed E-state index contributed by atoms with van der Waals surface area (Å²) in [7, 11) is 1.31. The number of carbonyl (C=O) groups is 2. The van der Waals surface area contributed by atoms with Crippen LogP contribution in [0.3, 0.4) is 0 Å². The van der Waals surface area contributed by atoms with Gasteiger partial charge in [0.15, 0.2) is 0 Å². The van der Waals surface area contributed by atoms with Crippen LogP contribution in [0.4, 0.5) is 4.79 Å². The van der Waals surface area contributed by atoms with E-state index in [2.05, 4.69) is 17.0 Å². The molecule has 2 heterocycles. The molecular formula is C16H24N2O4. The van der Waals surface area contributed by atoms with Crippen LogP contribution in [0.5, 0.6) is 0 Å². The Hall–Kier alpha value is -2.08. The van der Waals surface area contributed by atoms with Gasteiger partial charge in [0.05, 0.1) is 7.11 Å². The first-order valence-corrected chi connectivity index (χ1v) is 7.33. The van der Waals surface area contributed by atoms with Crippen LogP contribution >= 0.6 is 0 Å². The second-order valence-electron chi connectivity index (χ2n) is 5.24. The summed E-state index contributed by atoms with van der Waals surface area (Å²) in [5.74, 6) is 0. The predicted molar refractivity (Wildman–Crippen MR) is 83.5 cm³/mol. The van der Waals surface area contributed by atoms with E-state index in [1.165, 1.54) is 31.4 Å². The van der Waals surface area contributed by atoms with Crippen LogP contribution in [-0.2, 0) is 22.6 Å². The molecule has 122 valence electrons. The summed E-state index contributed by atoms with van der Waals surface area (Å²) in [4.78, 5) is 21.0. The number of rotatable bonds is 1. The molecule has 1 saturated heterocycles. The standard InChI is InChI=1S/C9H9NO2.C5H11N.C2H4O2/c11-9(12)10-5-7-3-1-2-4-8(7)6-10;1-5-3-2-4-6-5;1-4-2-3/h1-4H,5-6H2,(H,11,12);5-6H,2-4H2,1H3;2H,1H3. The van der Waals surface area contributed by atoms with Crippen LogP contribution in [-0.4, -0.2) is 42.3 Å². The molecule has 0 bridgehead atoms. The normalized spacial score (nSPS) is 18.3. The second kappa shape index (κ2) is 9.78. The van der Waals surface area contributed by atoms with Crippen molar-refractivity contribution in [2.75, 3.05) is 13.7 Å². The lowest BCUT2D eigenvalue weighted by atomic mass is 10.1. The summed E-state index contributed by atoms with van der Waals surface area (Å²) in [6.07, 6.45) is 1.91. The minimum atomic E-state index is -0.841. The van der Waals surface area contributed by atoms with Gasteiger partial charge in [-0.1, -0.05) is 24.3 Å². The molecule has 0 spiro atoms. The predicted octanol–water partition coefficient (Wildman–Crippen LogP) is 2.23. The molecule has 3 rings (SSSR count). The lowest BCUT2D eigenvalue weighted by Crippen LogP contribution is -2.22. The van der Waals surface area contributed by atoms with E-state index in [1.807, 2.05) is 24.3 Å². The summed E-state index contributed by atoms with van der Waals surface area (Å²) < 4.78 is 3.86. The molecule has 22 heavy (non-hydrogen) atoms. The lowest BCUT2D eigenvalue weighted by molar-refractivity contribution is -0.126. The third-order valence-electron chi connectivity index (χ3n) is 3.51. The first-order chi connectivity index (χ1) is 10.6. The first kappa shape index (κ1) is 18.0. The van der Waals surface area contributed by atoms with Gasteiger partial charge in [0.1, 0.15) is 0 Å². The average molecular weight is 308 g/mol. The van der Waals surface area contributed by atoms with Crippen LogP contribution in [0.25, 0.3) is 0 Å². The number of nitrogens with zero attached hydrogens (tertiary/aromatic N) is 1. The SMILES string of the molecule is CC1CCCN1.COC=O.O=C(O)N1Cc2ccccc2C1. The Morgan fingerprint density at radius 2 is 1.91 bits per heavy atom. The maximum absolute atomic E-state index is 10.6. The average Bonchev–Trinajstić information content (AvgIpc) is 3.16. The molecule has 1 atom stereocenters. The Kier molecular flexibility index (Phi) is 7.99. The van der Waals surface area contributed by atoms with Gasteiger partial charge < -0.3 is 15.2 Å². The summed E-state index contributed by atoms with van der Waals surface area (Å²) in [5, 5.41) is 12.0. The Balaban J connectivity index is 0.000000203. The molecule has 0 radical (unpaired) electrons. The van der Waals surface area contributed by atoms with Gasteiger partial charge in [-0.05, 0) is 37.4 Å². The number of hydrogen-bond acceptors (Lipinski definition) is 4. The highest BCUT2D eigenvalue weighted by Gasteiger charge is 2.21. The smallest absolute Gasteiger partial charge is 0.407 e. The Labute approximate surface area is 131 Å². The molecule has 6 heteroatoms. The summed E-state index contributed by atoms with van der Waals surface area (Å²) >= 11 is 0. The van der Waals surface area contributed by atoms with Crippen molar-refractivity contribution in [3.63, 3.8) is 0 Å². The van der Waals surface area contributed by atoms with Crippen LogP contribution in [0.2, 0.25) is 0 Å². The molecule has 0 saturated carbocycles. The molecule has 1 fully saturated rings. The van der Waals surface area contributed by atoms with Crippen molar-refractivity contribution in [1.82, 2.24) is 10.2 Å². The van der Waals surface area contributed by atoms with E-state index < -0.39 is 6.09 Å². The topological polar surface area (TPSA) is 78.9 Å². The van der Waals surface area contributed by atoms with Crippen LogP contribution in [0.15, 0.2) is 24.3 Å². The summed E-state index contributed by atoms with van der Waals surface area (Å²) in [6.45, 7) is 4.91. The van der Waals surface area contributed by atoms with Crippen molar-refractivity contribution in [1.29, 1.82) is 0 Å². The molecular weight excluding hydrogens is 284 g/mol. The van der Waals surface area contributed by atoms with E-state index in [0.717, 1.165) is 17.2 Å². The van der Waals surface area contributed by atoms with Crippen molar-refractivity contribution >= 4 is 12.6 Å². The number of nitrogens with one attached hydrogen (secondary N) is 1. The fourth-order valence-corrected chi connectivity index (χ4v) is 2.33. The van der Waals surface area contributed by atoms with Crippen LogP contribution in [0, 0.1) is 0 Å². The summed E-state index contributed by atoms with van der Waals surface area (Å²) in [6, 6.07) is 8.61. The molecule has 2 aliphatic rings. The fourth-order valence-electron chi connectivity index (χ4n) is 2.33. The third kappa shape index (κ3) is 6.13. The number of benzene rings is 1. The van der Waals surface area contributed by atoms with Gasteiger partial charge in [-0.15, -0.1) is 0 Å². The maximum Gasteiger partial charge on any atom is 0.407 e. The number of hydrogen-bond donors (Lipinski definition) is 2. The zero-order valence-corrected chi connectivity index (χ0v) is 13.1. The van der Waals surface area contributed by atoms with Crippen molar-refractivity contribution in [2.45, 2.75) is 38.9 Å². The van der Waals surface area contributed by atoms with Crippen LogP contribution in [0.1, 0.15) is 30.9 Å². The molecule has 0 aromatic heterocycles. The van der Waals surface area contributed by atoms with Gasteiger partial charge in [-0.2, -0.15) is 0 Å². The Bertz CT molecular complexity index is 448. The van der Waals surface area contributed by atoms with Crippen molar-refractivity contribution < 1.29 is 19.4 Å². The molecule has 2 N–H and O–H groups in total. The highest BCUT2D eigenvalue weighted by molar-refractivity contribution is 5.66. The largest absolute Gasteiger partial charge is 0.471 e. The van der Waals surface area contributed by atoms with E-state index in [9.17, 15) is 4.79 Å². The zero-order valence-electron chi connectivity index (χ0n) is 13.1. The number of carboxylic acid groups (broad SMARTS) is 1. The van der Waals surface area contributed by atoms with Gasteiger partial charge >= 0.3 is 6.09 Å². The molecule has 0 aliphatic carbocycles. The van der Waals surface area contributed by atoms with Gasteiger partial charge in [-0.3, -0.25) is 9.69 Å². The second-order valence-corrected chi connectivity index (χ2v) is 5.24. The number of methoxy groups -OCH3 is 1. The highest BCUT2D eigenvalue weighted by Crippen LogP contribution is 2.21. The maximum atomic E-state index is 10.6. The number of ether oxygens (including phenoxy) is 1. The lowest BCUT2D eigenvalue weighted by Gasteiger charge is -2.08. The third-order valence-corrected chi connectivity index (χ3v) is 3.51. The Morgan fingerprint density at radius 3 is 2.18 bits per heavy atom. The number of carbonyl (C=O) groups excluding carboxylic acids is 1. The van der Waals surface area contributed by atoms with Gasteiger partial charge in [0.2, 0.25) is 0 Å². The minimum Gasteiger partial charge on any atom is -0.471 e. The number of fused-ring (bicyclic) bond motifs is 1. The minimum absolute atomic E-state index is 0.375. The first-order valence-electron chi connectivity index (χ1n) is 7.33. The Morgan fingerprint density at radius 1 is 1.36 bits per heavy atom. The van der Waals surface area contributed by atoms with E-state index >= 15 is 0 Å². The fraction of sp³-hybridized carbons (Fsp3) is 0.500. The van der Waals surface area contributed by atoms with Gasteiger partial charge in [0, 0.05) is 19.1 Å². The quantitative estimate of drug-likeness (QED) is 0.778. The summed E-state index contributed by atoms with van der Waals surface area (Å²) in [5.41, 5.74) is 2.25. The van der Waals surface area contributed by atoms with Gasteiger partial charge in [-0.25, -0.2) is 4.79 Å². The molecule has 2 aliphatic heterocycles. The number of amides is 1. The van der Waals surface area contributed by atoms with E-state index in [4.69, 9.17) is 9.90 Å². The monoisotopic (exact) mass is 308 g/mol. The molecule has 6 nitrogen and oxygen atoms in total. The molecule has 1 unspecified atom stereocenters. The molecule has 1 aromatic rings. The van der Waals surface area contributed by atoms with Crippen molar-refractivity contribution in [3.05, 3.63) is 35.4 Å².